The molecule has 0 aliphatic heterocycles. The van der Waals surface area contributed by atoms with E-state index < -0.39 is 0 Å². The molecule has 0 unspecified atom stereocenters. The maximum absolute atomic E-state index is 12.0. The van der Waals surface area contributed by atoms with Crippen LogP contribution in [0.1, 0.15) is 11.3 Å². The molecule has 3 aromatic rings. The van der Waals surface area contributed by atoms with Crippen LogP contribution in [0.15, 0.2) is 39.7 Å². The van der Waals surface area contributed by atoms with Crippen molar-refractivity contribution in [2.75, 3.05) is 6.26 Å². The summed E-state index contributed by atoms with van der Waals surface area (Å²) in [7, 11) is 0. The first-order chi connectivity index (χ1) is 9.76. The van der Waals surface area contributed by atoms with E-state index >= 15 is 0 Å². The summed E-state index contributed by atoms with van der Waals surface area (Å²) in [5, 5.41) is 4.18. The fourth-order valence-electron chi connectivity index (χ4n) is 1.63. The van der Waals surface area contributed by atoms with E-state index in [0.717, 1.165) is 9.90 Å². The van der Waals surface area contributed by atoms with Gasteiger partial charge in [-0.1, -0.05) is 35.2 Å². The van der Waals surface area contributed by atoms with Gasteiger partial charge in [0.05, 0.1) is 5.69 Å². The number of hydrogen-bond donors (Lipinski definition) is 0. The molecule has 0 amide bonds. The third-order valence-corrected chi connectivity index (χ3v) is 4.44. The minimum atomic E-state index is -0.169. The highest BCUT2D eigenvalue weighted by Crippen LogP contribution is 2.20. The molecule has 0 fully saturated rings. The summed E-state index contributed by atoms with van der Waals surface area (Å²) in [6, 6.07) is 5.27. The fraction of sp³-hybridized carbons (Fsp3) is 0.0769. The Labute approximate surface area is 123 Å². The Morgan fingerprint density at radius 1 is 1.40 bits per heavy atom. The quantitative estimate of drug-likeness (QED) is 0.695. The summed E-state index contributed by atoms with van der Waals surface area (Å²) in [6.45, 7) is 0. The van der Waals surface area contributed by atoms with Gasteiger partial charge in [0.15, 0.2) is 4.34 Å². The van der Waals surface area contributed by atoms with Crippen molar-refractivity contribution in [1.82, 2.24) is 19.6 Å². The van der Waals surface area contributed by atoms with Gasteiger partial charge in [0.25, 0.3) is 5.56 Å². The molecular weight excluding hydrogens is 292 g/mol. The average molecular weight is 302 g/mol. The first-order valence-corrected chi connectivity index (χ1v) is 7.83. The molecule has 0 bridgehead atoms. The Bertz CT molecular complexity index is 823. The van der Waals surface area contributed by atoms with Crippen molar-refractivity contribution < 1.29 is 0 Å². The van der Waals surface area contributed by atoms with Gasteiger partial charge in [0.1, 0.15) is 0 Å². The molecule has 100 valence electrons. The Kier molecular flexibility index (Phi) is 3.62. The second-order valence-electron chi connectivity index (χ2n) is 3.91. The van der Waals surface area contributed by atoms with Crippen LogP contribution in [0.3, 0.4) is 0 Å². The molecule has 0 aliphatic carbocycles. The number of nitrogens with zero attached hydrogens (tertiary/aromatic N) is 4. The number of pyridine rings is 1. The average Bonchev–Trinajstić information content (AvgIpc) is 2.90. The first kappa shape index (κ1) is 13.0. The summed E-state index contributed by atoms with van der Waals surface area (Å²) in [4.78, 5) is 21.0. The fourth-order valence-corrected chi connectivity index (χ4v) is 3.00. The molecule has 0 N–H and O–H groups in total. The number of rotatable bonds is 3. The van der Waals surface area contributed by atoms with Gasteiger partial charge < -0.3 is 0 Å². The highest BCUT2D eigenvalue weighted by molar-refractivity contribution is 8.00. The van der Waals surface area contributed by atoms with E-state index in [0.29, 0.717) is 10.7 Å². The summed E-state index contributed by atoms with van der Waals surface area (Å²) < 4.78 is 2.15. The maximum atomic E-state index is 12.0. The van der Waals surface area contributed by atoms with Gasteiger partial charge in [-0.2, -0.15) is 4.52 Å². The lowest BCUT2D eigenvalue weighted by Gasteiger charge is -1.94. The van der Waals surface area contributed by atoms with Crippen LogP contribution in [0, 0.1) is 0 Å². The molecule has 0 saturated heterocycles. The van der Waals surface area contributed by atoms with Crippen LogP contribution < -0.4 is 5.56 Å². The van der Waals surface area contributed by atoms with Gasteiger partial charge in [-0.05, 0) is 24.0 Å². The van der Waals surface area contributed by atoms with E-state index in [1.165, 1.54) is 33.7 Å². The lowest BCUT2D eigenvalue weighted by Crippen LogP contribution is -2.14. The van der Waals surface area contributed by atoms with Gasteiger partial charge in [0.2, 0.25) is 4.96 Å². The second-order valence-corrected chi connectivity index (χ2v) is 5.91. The Hall–Kier alpha value is -1.99. The topological polar surface area (TPSA) is 60.2 Å². The summed E-state index contributed by atoms with van der Waals surface area (Å²) in [6.07, 6.45) is 9.07. The van der Waals surface area contributed by atoms with Gasteiger partial charge in [0, 0.05) is 18.5 Å². The molecule has 20 heavy (non-hydrogen) atoms. The van der Waals surface area contributed by atoms with Crippen LogP contribution in [-0.2, 0) is 0 Å². The standard InChI is InChI=1S/C13H10N4OS2/c1-19-13-16-17-11(18)7-10(15-12(17)20-13)5-4-9-3-2-6-14-8-9/h2-8H,1H3. The Morgan fingerprint density at radius 3 is 3.05 bits per heavy atom. The SMILES string of the molecule is CSc1nn2c(=O)cc(C=Cc3cccnc3)nc2s1. The minimum absolute atomic E-state index is 0.169. The molecule has 5 nitrogen and oxygen atoms in total. The van der Waals surface area contributed by atoms with Crippen molar-refractivity contribution >= 4 is 40.2 Å². The summed E-state index contributed by atoms with van der Waals surface area (Å²) in [5.41, 5.74) is 1.41. The largest absolute Gasteiger partial charge is 0.275 e. The smallest absolute Gasteiger partial charge is 0.267 e. The van der Waals surface area contributed by atoms with Crippen LogP contribution in [0.25, 0.3) is 17.1 Å². The maximum Gasteiger partial charge on any atom is 0.275 e. The predicted octanol–water partition coefficient (Wildman–Crippen LogP) is 2.44. The van der Waals surface area contributed by atoms with E-state index in [-0.39, 0.29) is 5.56 Å². The van der Waals surface area contributed by atoms with Crippen LogP contribution in [-0.4, -0.2) is 25.8 Å². The molecule has 0 aromatic carbocycles. The van der Waals surface area contributed by atoms with Crippen molar-refractivity contribution in [3.63, 3.8) is 0 Å². The number of aromatic nitrogens is 4. The van der Waals surface area contributed by atoms with Crippen LogP contribution in [0.5, 0.6) is 0 Å². The highest BCUT2D eigenvalue weighted by Gasteiger charge is 2.06. The van der Waals surface area contributed by atoms with E-state index in [9.17, 15) is 4.79 Å². The van der Waals surface area contributed by atoms with Crippen molar-refractivity contribution in [2.24, 2.45) is 0 Å². The second kappa shape index (κ2) is 5.56. The summed E-state index contributed by atoms with van der Waals surface area (Å²) in [5.74, 6) is 0. The van der Waals surface area contributed by atoms with E-state index in [1.54, 1.807) is 18.5 Å². The molecule has 0 atom stereocenters. The number of fused-ring (bicyclic) bond motifs is 1. The minimum Gasteiger partial charge on any atom is -0.267 e. The summed E-state index contributed by atoms with van der Waals surface area (Å²) >= 11 is 2.91. The molecule has 0 radical (unpaired) electrons. The van der Waals surface area contributed by atoms with Gasteiger partial charge in [-0.25, -0.2) is 4.98 Å². The molecule has 0 spiro atoms. The van der Waals surface area contributed by atoms with Gasteiger partial charge >= 0.3 is 0 Å². The molecular formula is C13H10N4OS2. The molecule has 0 aliphatic rings. The third kappa shape index (κ3) is 2.63. The molecule has 0 saturated carbocycles. The van der Waals surface area contributed by atoms with Crippen molar-refractivity contribution in [2.45, 2.75) is 4.34 Å². The molecule has 3 heterocycles. The monoisotopic (exact) mass is 302 g/mol. The number of thioether (sulfide) groups is 1. The van der Waals surface area contributed by atoms with E-state index in [1.807, 2.05) is 24.5 Å². The van der Waals surface area contributed by atoms with Gasteiger partial charge in [-0.15, -0.1) is 5.10 Å². The number of hydrogen-bond acceptors (Lipinski definition) is 6. The zero-order chi connectivity index (χ0) is 13.9. The zero-order valence-corrected chi connectivity index (χ0v) is 12.2. The van der Waals surface area contributed by atoms with Crippen molar-refractivity contribution in [1.29, 1.82) is 0 Å². The lowest BCUT2D eigenvalue weighted by molar-refractivity contribution is 0.856. The van der Waals surface area contributed by atoms with Crippen molar-refractivity contribution in [3.05, 3.63) is 52.2 Å². The predicted molar refractivity (Wildman–Crippen MR) is 82.1 cm³/mol. The first-order valence-electron chi connectivity index (χ1n) is 5.79. The zero-order valence-electron chi connectivity index (χ0n) is 10.6. The third-order valence-electron chi connectivity index (χ3n) is 2.55. The Morgan fingerprint density at radius 2 is 2.30 bits per heavy atom. The molecule has 3 aromatic heterocycles. The van der Waals surface area contributed by atoms with E-state index in [2.05, 4.69) is 15.1 Å². The van der Waals surface area contributed by atoms with Crippen LogP contribution >= 0.6 is 23.1 Å². The molecule has 7 heteroatoms. The van der Waals surface area contributed by atoms with Gasteiger partial charge in [-0.3, -0.25) is 9.78 Å². The van der Waals surface area contributed by atoms with E-state index in [4.69, 9.17) is 0 Å². The lowest BCUT2D eigenvalue weighted by atomic mass is 10.2. The van der Waals surface area contributed by atoms with Crippen LogP contribution in [0.4, 0.5) is 0 Å². The Balaban J connectivity index is 2.00. The van der Waals surface area contributed by atoms with Crippen LogP contribution in [0.2, 0.25) is 0 Å². The van der Waals surface area contributed by atoms with Crippen molar-refractivity contribution in [3.8, 4) is 0 Å². The normalized spacial score (nSPS) is 11.4. The molecule has 3 rings (SSSR count). The highest BCUT2D eigenvalue weighted by atomic mass is 32.2.